The highest BCUT2D eigenvalue weighted by atomic mass is 127. The Kier molecular flexibility index (Phi) is 6.49. The van der Waals surface area contributed by atoms with Crippen molar-refractivity contribution in [2.45, 2.75) is 12.8 Å². The molecule has 0 aromatic rings. The maximum atomic E-state index is 5.11. The highest BCUT2D eigenvalue weighted by Gasteiger charge is 2.21. The fourth-order valence-electron chi connectivity index (χ4n) is 2.82. The van der Waals surface area contributed by atoms with Crippen LogP contribution < -0.4 is 5.32 Å². The van der Waals surface area contributed by atoms with E-state index in [2.05, 4.69) is 15.1 Å². The lowest BCUT2D eigenvalue weighted by Gasteiger charge is -2.36. The molecule has 17 heavy (non-hydrogen) atoms. The Bertz CT molecular complexity index is 204. The lowest BCUT2D eigenvalue weighted by Crippen LogP contribution is -2.47. The van der Waals surface area contributed by atoms with E-state index in [0.717, 1.165) is 19.1 Å². The molecule has 0 atom stereocenters. The summed E-state index contributed by atoms with van der Waals surface area (Å²) in [6.45, 7) is 10.6. The Balaban J connectivity index is 1.61. The predicted molar refractivity (Wildman–Crippen MR) is 78.4 cm³/mol. The molecule has 0 amide bonds. The number of halogens is 1. The van der Waals surface area contributed by atoms with Gasteiger partial charge in [-0.2, -0.15) is 0 Å². The molecule has 0 aliphatic carbocycles. The number of rotatable bonds is 5. The lowest BCUT2D eigenvalue weighted by atomic mass is 9.96. The lowest BCUT2D eigenvalue weighted by molar-refractivity contribution is 0.128. The molecule has 100 valence electrons. The quantitative estimate of drug-likeness (QED) is 0.746. The summed E-state index contributed by atoms with van der Waals surface area (Å²) in [6.07, 6.45) is 2.73. The Hall–Kier alpha value is 0.570. The summed E-state index contributed by atoms with van der Waals surface area (Å²) in [5.74, 6) is 0.921. The Morgan fingerprint density at radius 1 is 1.06 bits per heavy atom. The molecule has 0 saturated carbocycles. The molecule has 0 aromatic heterocycles. The zero-order valence-electron chi connectivity index (χ0n) is 10.5. The average Bonchev–Trinajstić information content (AvgIpc) is 2.39. The van der Waals surface area contributed by atoms with Crippen molar-refractivity contribution in [2.75, 3.05) is 59.0 Å². The molecule has 0 radical (unpaired) electrons. The molecule has 1 N–H and O–H groups in total. The van der Waals surface area contributed by atoms with E-state index in [1.54, 1.807) is 0 Å². The molecule has 0 aromatic carbocycles. The molecule has 2 saturated heterocycles. The van der Waals surface area contributed by atoms with Crippen molar-refractivity contribution in [1.82, 2.24) is 15.1 Å². The van der Waals surface area contributed by atoms with Gasteiger partial charge in [0.1, 0.15) is 23.0 Å². The van der Waals surface area contributed by atoms with Gasteiger partial charge in [-0.05, 0) is 31.8 Å². The van der Waals surface area contributed by atoms with E-state index in [1.165, 1.54) is 58.7 Å². The van der Waals surface area contributed by atoms with Gasteiger partial charge >= 0.3 is 0 Å². The van der Waals surface area contributed by atoms with E-state index in [1.807, 2.05) is 23.0 Å². The van der Waals surface area contributed by atoms with Gasteiger partial charge in [-0.1, -0.05) is 0 Å². The number of nitrogens with zero attached hydrogens (tertiary/aromatic N) is 2. The first-order chi connectivity index (χ1) is 8.38. The summed E-state index contributed by atoms with van der Waals surface area (Å²) < 4.78 is 5.11. The number of nitrogens with one attached hydrogen (secondary N) is 1. The third kappa shape index (κ3) is 4.98. The molecular weight excluding hydrogens is 329 g/mol. The van der Waals surface area contributed by atoms with Crippen molar-refractivity contribution in [3.05, 3.63) is 0 Å². The first-order valence-corrected chi connectivity index (χ1v) is 7.65. The van der Waals surface area contributed by atoms with Crippen LogP contribution in [0.2, 0.25) is 0 Å². The minimum atomic E-state index is 0.864. The largest absolute Gasteiger partial charge is 0.314 e. The maximum Gasteiger partial charge on any atom is 0.109 e. The first kappa shape index (κ1) is 14.0. The summed E-state index contributed by atoms with van der Waals surface area (Å²) in [7, 11) is 0. The molecule has 0 bridgehead atoms. The summed E-state index contributed by atoms with van der Waals surface area (Å²) in [5.41, 5.74) is 0. The highest BCUT2D eigenvalue weighted by Crippen LogP contribution is 2.18. The minimum absolute atomic E-state index is 0.864. The fraction of sp³-hybridized carbons (Fsp3) is 1.00. The third-order valence-electron chi connectivity index (χ3n) is 3.92. The molecule has 2 aliphatic rings. The van der Waals surface area contributed by atoms with Crippen LogP contribution in [0.15, 0.2) is 0 Å². The standard InChI is InChI=1S/C12H24IN3O/c13-17-10-9-15-5-1-12(2-6-15)11-16-7-3-14-4-8-16/h12,14H,1-11H2. The van der Waals surface area contributed by atoms with Gasteiger partial charge in [-0.25, -0.2) is 0 Å². The van der Waals surface area contributed by atoms with Gasteiger partial charge in [0.2, 0.25) is 0 Å². The number of hydrogen-bond acceptors (Lipinski definition) is 4. The average molecular weight is 353 g/mol. The van der Waals surface area contributed by atoms with E-state index >= 15 is 0 Å². The summed E-state index contributed by atoms with van der Waals surface area (Å²) in [5, 5.41) is 3.42. The van der Waals surface area contributed by atoms with E-state index in [9.17, 15) is 0 Å². The summed E-state index contributed by atoms with van der Waals surface area (Å²) in [4.78, 5) is 5.16. The van der Waals surface area contributed by atoms with Crippen molar-refractivity contribution in [3.8, 4) is 0 Å². The van der Waals surface area contributed by atoms with Crippen molar-refractivity contribution < 1.29 is 3.07 Å². The van der Waals surface area contributed by atoms with Crippen molar-refractivity contribution in [3.63, 3.8) is 0 Å². The molecule has 0 unspecified atom stereocenters. The van der Waals surface area contributed by atoms with E-state index < -0.39 is 0 Å². The maximum absolute atomic E-state index is 5.11. The van der Waals surface area contributed by atoms with Crippen LogP contribution in [0.5, 0.6) is 0 Å². The Labute approximate surface area is 119 Å². The van der Waals surface area contributed by atoms with Gasteiger partial charge in [-0.3, -0.25) is 0 Å². The zero-order chi connectivity index (χ0) is 11.9. The van der Waals surface area contributed by atoms with Crippen LogP contribution in [0.1, 0.15) is 12.8 Å². The van der Waals surface area contributed by atoms with Gasteiger partial charge in [0.05, 0.1) is 6.61 Å². The van der Waals surface area contributed by atoms with Gasteiger partial charge in [0.25, 0.3) is 0 Å². The third-order valence-corrected chi connectivity index (χ3v) is 4.36. The molecule has 5 heteroatoms. The van der Waals surface area contributed by atoms with Gasteiger partial charge in [0, 0.05) is 39.3 Å². The summed E-state index contributed by atoms with van der Waals surface area (Å²) >= 11 is 1.98. The molecular formula is C12H24IN3O. The van der Waals surface area contributed by atoms with Crippen LogP contribution in [-0.2, 0) is 3.07 Å². The SMILES string of the molecule is IOCCN1CCC(CN2CCNCC2)CC1. The predicted octanol–water partition coefficient (Wildman–Crippen LogP) is 0.970. The fourth-order valence-corrected chi connectivity index (χ4v) is 3.01. The van der Waals surface area contributed by atoms with Crippen LogP contribution in [0.3, 0.4) is 0 Å². The van der Waals surface area contributed by atoms with Crippen LogP contribution >= 0.6 is 23.0 Å². The minimum Gasteiger partial charge on any atom is -0.314 e. The molecule has 4 nitrogen and oxygen atoms in total. The second kappa shape index (κ2) is 7.89. The number of piperidine rings is 1. The van der Waals surface area contributed by atoms with E-state index in [4.69, 9.17) is 3.07 Å². The normalized spacial score (nSPS) is 25.2. The molecule has 0 spiro atoms. The second-order valence-electron chi connectivity index (χ2n) is 5.15. The van der Waals surface area contributed by atoms with Gasteiger partial charge in [0.15, 0.2) is 0 Å². The van der Waals surface area contributed by atoms with Crippen molar-refractivity contribution in [2.24, 2.45) is 5.92 Å². The van der Waals surface area contributed by atoms with Crippen LogP contribution in [0, 0.1) is 5.92 Å². The number of piperazine rings is 1. The summed E-state index contributed by atoms with van der Waals surface area (Å²) in [6, 6.07) is 0. The second-order valence-corrected chi connectivity index (χ2v) is 5.77. The Morgan fingerprint density at radius 3 is 2.41 bits per heavy atom. The Morgan fingerprint density at radius 2 is 1.76 bits per heavy atom. The zero-order valence-corrected chi connectivity index (χ0v) is 12.7. The van der Waals surface area contributed by atoms with Gasteiger partial charge < -0.3 is 18.2 Å². The molecule has 2 aliphatic heterocycles. The van der Waals surface area contributed by atoms with Gasteiger partial charge in [-0.15, -0.1) is 0 Å². The molecule has 2 rings (SSSR count). The first-order valence-electron chi connectivity index (χ1n) is 6.77. The molecule has 2 fully saturated rings. The topological polar surface area (TPSA) is 27.7 Å². The van der Waals surface area contributed by atoms with E-state index in [-0.39, 0.29) is 0 Å². The van der Waals surface area contributed by atoms with Crippen LogP contribution in [0.4, 0.5) is 0 Å². The number of likely N-dealkylation sites (tertiary alicyclic amines) is 1. The van der Waals surface area contributed by atoms with Crippen LogP contribution in [-0.4, -0.2) is 68.8 Å². The van der Waals surface area contributed by atoms with E-state index in [0.29, 0.717) is 0 Å². The number of hydrogen-bond donors (Lipinski definition) is 1. The molecule has 2 heterocycles. The van der Waals surface area contributed by atoms with Crippen molar-refractivity contribution >= 4 is 23.0 Å². The monoisotopic (exact) mass is 353 g/mol. The smallest absolute Gasteiger partial charge is 0.109 e. The van der Waals surface area contributed by atoms with Crippen molar-refractivity contribution in [1.29, 1.82) is 0 Å². The highest BCUT2D eigenvalue weighted by molar-refractivity contribution is 14.1. The van der Waals surface area contributed by atoms with Crippen LogP contribution in [0.25, 0.3) is 0 Å².